The van der Waals surface area contributed by atoms with E-state index in [1.54, 1.807) is 17.5 Å². The number of hydrogen-bond donors (Lipinski definition) is 3. The number of carbonyl (C=O) groups is 1. The minimum Gasteiger partial charge on any atom is -0.383 e. The molecule has 0 unspecified atom stereocenters. The third-order valence-corrected chi connectivity index (χ3v) is 5.33. The smallest absolute Gasteiger partial charge is 0.323 e. The van der Waals surface area contributed by atoms with E-state index in [9.17, 15) is 4.79 Å². The van der Waals surface area contributed by atoms with Gasteiger partial charge in [-0.25, -0.2) is 9.78 Å². The number of anilines is 3. The highest BCUT2D eigenvalue weighted by molar-refractivity contribution is 7.22. The predicted molar refractivity (Wildman–Crippen MR) is 113 cm³/mol. The van der Waals surface area contributed by atoms with E-state index >= 15 is 0 Å². The van der Waals surface area contributed by atoms with Gasteiger partial charge in [0, 0.05) is 32.5 Å². The number of hydrogen-bond acceptors (Lipinski definition) is 4. The molecule has 0 bridgehead atoms. The van der Waals surface area contributed by atoms with Crippen LogP contribution in [0.3, 0.4) is 0 Å². The van der Waals surface area contributed by atoms with Gasteiger partial charge < -0.3 is 16.4 Å². The Morgan fingerprint density at radius 1 is 1.00 bits per heavy atom. The van der Waals surface area contributed by atoms with Crippen molar-refractivity contribution < 1.29 is 4.79 Å². The average molecular weight is 374 g/mol. The maximum Gasteiger partial charge on any atom is 0.323 e. The minimum absolute atomic E-state index is 0.269. The average Bonchev–Trinajstić information content (AvgIpc) is 3.08. The number of amides is 2. The van der Waals surface area contributed by atoms with Crippen molar-refractivity contribution >= 4 is 44.6 Å². The Kier molecular flexibility index (Phi) is 4.48. The highest BCUT2D eigenvalue weighted by Gasteiger charge is 2.08. The zero-order chi connectivity index (χ0) is 18.8. The van der Waals surface area contributed by atoms with E-state index in [2.05, 4.69) is 21.7 Å². The van der Waals surface area contributed by atoms with Crippen molar-refractivity contribution in [1.29, 1.82) is 0 Å². The lowest BCUT2D eigenvalue weighted by Gasteiger charge is -2.08. The molecular weight excluding hydrogens is 356 g/mol. The van der Waals surface area contributed by atoms with Crippen LogP contribution in [0.2, 0.25) is 0 Å². The van der Waals surface area contributed by atoms with E-state index in [0.29, 0.717) is 5.82 Å². The van der Waals surface area contributed by atoms with Crippen molar-refractivity contribution in [1.82, 2.24) is 4.98 Å². The Morgan fingerprint density at radius 3 is 2.52 bits per heavy atom. The summed E-state index contributed by atoms with van der Waals surface area (Å²) in [5, 5.41) is 6.65. The monoisotopic (exact) mass is 374 g/mol. The second-order valence-corrected chi connectivity index (χ2v) is 7.33. The van der Waals surface area contributed by atoms with Gasteiger partial charge in [0.25, 0.3) is 0 Å². The van der Waals surface area contributed by atoms with E-state index in [1.807, 2.05) is 61.5 Å². The summed E-state index contributed by atoms with van der Waals surface area (Å²) in [6, 6.07) is 19.2. The van der Waals surface area contributed by atoms with Gasteiger partial charge >= 0.3 is 6.03 Å². The van der Waals surface area contributed by atoms with Gasteiger partial charge in [-0.3, -0.25) is 0 Å². The summed E-state index contributed by atoms with van der Waals surface area (Å²) in [6.45, 7) is 1.99. The number of aryl methyl sites for hydroxylation is 1. The Bertz CT molecular complexity index is 1120. The van der Waals surface area contributed by atoms with Crippen molar-refractivity contribution in [3.05, 3.63) is 72.4 Å². The number of nitrogen functional groups attached to an aromatic ring is 1. The van der Waals surface area contributed by atoms with Gasteiger partial charge in [0.2, 0.25) is 0 Å². The molecule has 2 aromatic carbocycles. The van der Waals surface area contributed by atoms with Gasteiger partial charge in [0.05, 0.1) is 0 Å². The maximum atomic E-state index is 12.2. The van der Waals surface area contributed by atoms with E-state index in [-0.39, 0.29) is 6.03 Å². The lowest BCUT2D eigenvalue weighted by atomic mass is 10.1. The van der Waals surface area contributed by atoms with E-state index in [4.69, 9.17) is 5.73 Å². The molecule has 27 heavy (non-hydrogen) atoms. The fourth-order valence-electron chi connectivity index (χ4n) is 2.86. The molecule has 2 amide bonds. The first-order chi connectivity index (χ1) is 13.1. The molecule has 0 aliphatic heterocycles. The van der Waals surface area contributed by atoms with Crippen molar-refractivity contribution in [2.24, 2.45) is 0 Å². The van der Waals surface area contributed by atoms with Crippen LogP contribution in [-0.4, -0.2) is 11.0 Å². The van der Waals surface area contributed by atoms with Crippen molar-refractivity contribution in [3.63, 3.8) is 0 Å². The Labute approximate surface area is 160 Å². The lowest BCUT2D eigenvalue weighted by Crippen LogP contribution is -2.19. The van der Waals surface area contributed by atoms with Crippen LogP contribution in [0, 0.1) is 6.92 Å². The van der Waals surface area contributed by atoms with Crippen molar-refractivity contribution in [2.45, 2.75) is 6.92 Å². The summed E-state index contributed by atoms with van der Waals surface area (Å²) in [7, 11) is 0. The molecule has 6 heteroatoms. The number of rotatable bonds is 3. The molecule has 0 aliphatic carbocycles. The highest BCUT2D eigenvalue weighted by atomic mass is 32.1. The number of nitrogens with two attached hydrogens (primary N) is 1. The van der Waals surface area contributed by atoms with Crippen LogP contribution >= 0.6 is 11.3 Å². The molecule has 2 heterocycles. The summed E-state index contributed by atoms with van der Waals surface area (Å²) in [5.74, 6) is 0.543. The number of pyridine rings is 1. The van der Waals surface area contributed by atoms with E-state index in [0.717, 1.165) is 37.5 Å². The number of thiophene rings is 1. The van der Waals surface area contributed by atoms with Crippen LogP contribution < -0.4 is 16.4 Å². The zero-order valence-electron chi connectivity index (χ0n) is 14.7. The zero-order valence-corrected chi connectivity index (χ0v) is 15.5. The first-order valence-corrected chi connectivity index (χ1v) is 9.29. The topological polar surface area (TPSA) is 80.0 Å². The molecule has 0 fully saturated rings. The summed E-state index contributed by atoms with van der Waals surface area (Å²) in [4.78, 5) is 17.4. The molecule has 5 nitrogen and oxygen atoms in total. The fourth-order valence-corrected chi connectivity index (χ4v) is 3.93. The highest BCUT2D eigenvalue weighted by Crippen LogP contribution is 2.35. The van der Waals surface area contributed by atoms with Crippen LogP contribution in [0.5, 0.6) is 0 Å². The first-order valence-electron chi connectivity index (χ1n) is 8.47. The Hall–Kier alpha value is -3.38. The van der Waals surface area contributed by atoms with Crippen LogP contribution in [0.4, 0.5) is 22.0 Å². The normalized spacial score (nSPS) is 10.7. The number of fused-ring (bicyclic) bond motifs is 1. The molecule has 4 aromatic rings. The molecule has 0 atom stereocenters. The number of aromatic nitrogens is 1. The van der Waals surface area contributed by atoms with Crippen molar-refractivity contribution in [2.75, 3.05) is 16.4 Å². The molecule has 134 valence electrons. The molecule has 0 radical (unpaired) electrons. The fraction of sp³-hybridized carbons (Fsp3) is 0.0476. The van der Waals surface area contributed by atoms with Gasteiger partial charge in [0.15, 0.2) is 0 Å². The third kappa shape index (κ3) is 3.75. The van der Waals surface area contributed by atoms with Gasteiger partial charge in [-0.2, -0.15) is 0 Å². The van der Waals surface area contributed by atoms with Gasteiger partial charge in [-0.15, -0.1) is 11.3 Å². The SMILES string of the molecule is Cc1cccc(NC(=O)Nc2ccc(-c3cc4c(N)nccc4s3)cc2)c1. The van der Waals surface area contributed by atoms with Gasteiger partial charge in [0.1, 0.15) is 5.82 Å². The molecule has 0 saturated heterocycles. The van der Waals surface area contributed by atoms with Crippen molar-refractivity contribution in [3.8, 4) is 10.4 Å². The maximum absolute atomic E-state index is 12.2. The molecule has 0 aliphatic rings. The number of carbonyl (C=O) groups excluding carboxylic acids is 1. The summed E-state index contributed by atoms with van der Waals surface area (Å²) in [6.07, 6.45) is 1.72. The Balaban J connectivity index is 1.48. The summed E-state index contributed by atoms with van der Waals surface area (Å²) >= 11 is 1.67. The summed E-state index contributed by atoms with van der Waals surface area (Å²) in [5.41, 5.74) is 9.60. The number of nitrogens with one attached hydrogen (secondary N) is 2. The second kappa shape index (κ2) is 7.09. The van der Waals surface area contributed by atoms with Crippen LogP contribution in [0.25, 0.3) is 20.5 Å². The van der Waals surface area contributed by atoms with E-state index in [1.165, 1.54) is 0 Å². The molecular formula is C21H18N4OS. The van der Waals surface area contributed by atoms with Gasteiger partial charge in [-0.1, -0.05) is 24.3 Å². The second-order valence-electron chi connectivity index (χ2n) is 6.24. The van der Waals surface area contributed by atoms with Crippen LogP contribution in [0.15, 0.2) is 66.9 Å². The summed E-state index contributed by atoms with van der Waals surface area (Å²) < 4.78 is 1.11. The molecule has 4 N–H and O–H groups in total. The molecule has 4 rings (SSSR count). The van der Waals surface area contributed by atoms with Crippen LogP contribution in [-0.2, 0) is 0 Å². The minimum atomic E-state index is -0.269. The quantitative estimate of drug-likeness (QED) is 0.443. The largest absolute Gasteiger partial charge is 0.383 e. The lowest BCUT2D eigenvalue weighted by molar-refractivity contribution is 0.262. The number of urea groups is 1. The predicted octanol–water partition coefficient (Wildman–Crippen LogP) is 5.50. The molecule has 0 spiro atoms. The van der Waals surface area contributed by atoms with Gasteiger partial charge in [-0.05, 0) is 54.4 Å². The third-order valence-electron chi connectivity index (χ3n) is 4.18. The Morgan fingerprint density at radius 2 is 1.78 bits per heavy atom. The molecule has 0 saturated carbocycles. The number of benzene rings is 2. The van der Waals surface area contributed by atoms with E-state index < -0.39 is 0 Å². The number of nitrogens with zero attached hydrogens (tertiary/aromatic N) is 1. The standard InChI is InChI=1S/C21H18N4OS/c1-13-3-2-4-16(11-13)25-21(26)24-15-7-5-14(6-8-15)19-12-17-18(27-19)9-10-23-20(17)22/h2-12H,1H3,(H2,22,23)(H2,24,25,26). The first kappa shape index (κ1) is 17.1. The molecule has 2 aromatic heterocycles. The van der Waals surface area contributed by atoms with Crippen LogP contribution in [0.1, 0.15) is 5.56 Å².